The number of hydrogen-bond donors (Lipinski definition) is 1. The molecule has 0 aliphatic carbocycles. The van der Waals surface area contributed by atoms with E-state index in [1.807, 2.05) is 54.6 Å². The Morgan fingerprint density at radius 3 is 2.37 bits per heavy atom. The van der Waals surface area contributed by atoms with Crippen LogP contribution in [0.4, 0.5) is 5.69 Å². The molecule has 0 amide bonds. The van der Waals surface area contributed by atoms with Gasteiger partial charge < -0.3 is 10.2 Å². The summed E-state index contributed by atoms with van der Waals surface area (Å²) in [5.74, 6) is 1.15. The van der Waals surface area contributed by atoms with E-state index in [1.54, 1.807) is 0 Å². The van der Waals surface area contributed by atoms with Crippen molar-refractivity contribution in [1.82, 2.24) is 10.2 Å². The number of nitrogens with two attached hydrogens (primary N) is 1. The molecular formula is C15H13N3O. The minimum Gasteiger partial charge on any atom is -0.420 e. The third-order valence-corrected chi connectivity index (χ3v) is 2.82. The summed E-state index contributed by atoms with van der Waals surface area (Å²) in [7, 11) is 0. The van der Waals surface area contributed by atoms with Crippen LogP contribution in [0.15, 0.2) is 59.0 Å². The van der Waals surface area contributed by atoms with Crippen LogP contribution >= 0.6 is 0 Å². The Hall–Kier alpha value is -2.62. The molecule has 94 valence electrons. The van der Waals surface area contributed by atoms with Crippen molar-refractivity contribution in [2.24, 2.45) is 0 Å². The summed E-state index contributed by atoms with van der Waals surface area (Å²) >= 11 is 0. The van der Waals surface area contributed by atoms with Crippen molar-refractivity contribution < 1.29 is 4.42 Å². The number of aromatic nitrogens is 2. The maximum atomic E-state index is 5.65. The van der Waals surface area contributed by atoms with E-state index in [0.717, 1.165) is 16.8 Å². The number of anilines is 1. The Morgan fingerprint density at radius 1 is 0.895 bits per heavy atom. The number of hydrogen-bond acceptors (Lipinski definition) is 4. The minimum absolute atomic E-state index is 0.547. The Balaban J connectivity index is 1.80. The van der Waals surface area contributed by atoms with Gasteiger partial charge in [0.15, 0.2) is 0 Å². The van der Waals surface area contributed by atoms with E-state index < -0.39 is 0 Å². The average molecular weight is 251 g/mol. The van der Waals surface area contributed by atoms with Crippen LogP contribution in [0.1, 0.15) is 11.5 Å². The summed E-state index contributed by atoms with van der Waals surface area (Å²) in [6.45, 7) is 0. The monoisotopic (exact) mass is 251 g/mol. The van der Waals surface area contributed by atoms with Crippen LogP contribution in [0.3, 0.4) is 0 Å². The third-order valence-electron chi connectivity index (χ3n) is 2.82. The lowest BCUT2D eigenvalue weighted by Gasteiger charge is -1.97. The first-order chi connectivity index (χ1) is 9.31. The van der Waals surface area contributed by atoms with Crippen LogP contribution in [-0.2, 0) is 6.42 Å². The fraction of sp³-hybridized carbons (Fsp3) is 0.0667. The van der Waals surface area contributed by atoms with Crippen molar-refractivity contribution in [2.75, 3.05) is 5.73 Å². The van der Waals surface area contributed by atoms with E-state index >= 15 is 0 Å². The number of rotatable bonds is 3. The first-order valence-electron chi connectivity index (χ1n) is 6.03. The van der Waals surface area contributed by atoms with Crippen molar-refractivity contribution in [3.63, 3.8) is 0 Å². The van der Waals surface area contributed by atoms with Crippen molar-refractivity contribution in [1.29, 1.82) is 0 Å². The molecule has 0 unspecified atom stereocenters. The van der Waals surface area contributed by atoms with Gasteiger partial charge in [0.1, 0.15) is 0 Å². The molecule has 1 heterocycles. The molecule has 19 heavy (non-hydrogen) atoms. The molecule has 0 saturated carbocycles. The highest BCUT2D eigenvalue weighted by Gasteiger charge is 2.08. The SMILES string of the molecule is Nc1ccc(Cc2nnc(-c3ccccc3)o2)cc1. The summed E-state index contributed by atoms with van der Waals surface area (Å²) in [5.41, 5.74) is 8.42. The number of benzene rings is 2. The van der Waals surface area contributed by atoms with Gasteiger partial charge in [-0.3, -0.25) is 0 Å². The van der Waals surface area contributed by atoms with Gasteiger partial charge in [-0.05, 0) is 29.8 Å². The molecule has 0 spiro atoms. The van der Waals surface area contributed by atoms with Crippen molar-refractivity contribution in [3.05, 3.63) is 66.1 Å². The van der Waals surface area contributed by atoms with Gasteiger partial charge in [-0.2, -0.15) is 0 Å². The summed E-state index contributed by atoms with van der Waals surface area (Å²) in [5, 5.41) is 8.12. The zero-order valence-electron chi connectivity index (χ0n) is 10.3. The highest BCUT2D eigenvalue weighted by Crippen LogP contribution is 2.18. The molecular weight excluding hydrogens is 238 g/mol. The second-order valence-corrected chi connectivity index (χ2v) is 4.29. The molecule has 4 nitrogen and oxygen atoms in total. The maximum Gasteiger partial charge on any atom is 0.247 e. The molecule has 2 N–H and O–H groups in total. The van der Waals surface area contributed by atoms with Gasteiger partial charge in [-0.25, -0.2) is 0 Å². The molecule has 0 aliphatic rings. The fourth-order valence-corrected chi connectivity index (χ4v) is 1.83. The van der Waals surface area contributed by atoms with Crippen LogP contribution in [0.2, 0.25) is 0 Å². The Kier molecular flexibility index (Phi) is 2.98. The molecule has 0 bridgehead atoms. The molecule has 4 heteroatoms. The quantitative estimate of drug-likeness (QED) is 0.727. The zero-order valence-corrected chi connectivity index (χ0v) is 10.3. The minimum atomic E-state index is 0.547. The van der Waals surface area contributed by atoms with Gasteiger partial charge in [0, 0.05) is 11.3 Å². The summed E-state index contributed by atoms with van der Waals surface area (Å²) < 4.78 is 5.65. The van der Waals surface area contributed by atoms with Crippen molar-refractivity contribution in [3.8, 4) is 11.5 Å². The number of nitrogens with zero attached hydrogens (tertiary/aromatic N) is 2. The molecule has 3 rings (SSSR count). The topological polar surface area (TPSA) is 64.9 Å². The van der Waals surface area contributed by atoms with E-state index in [-0.39, 0.29) is 0 Å². The zero-order chi connectivity index (χ0) is 13.1. The van der Waals surface area contributed by atoms with Gasteiger partial charge in [0.25, 0.3) is 0 Å². The molecule has 0 aliphatic heterocycles. The second-order valence-electron chi connectivity index (χ2n) is 4.29. The third kappa shape index (κ3) is 2.63. The van der Waals surface area contributed by atoms with E-state index in [2.05, 4.69) is 10.2 Å². The Morgan fingerprint density at radius 2 is 1.63 bits per heavy atom. The average Bonchev–Trinajstić information content (AvgIpc) is 2.91. The lowest BCUT2D eigenvalue weighted by molar-refractivity contribution is 0.518. The lowest BCUT2D eigenvalue weighted by Crippen LogP contribution is -1.89. The van der Waals surface area contributed by atoms with Crippen LogP contribution in [0.5, 0.6) is 0 Å². The molecule has 0 atom stereocenters. The first kappa shape index (κ1) is 11.5. The second kappa shape index (κ2) is 4.94. The van der Waals surface area contributed by atoms with Gasteiger partial charge in [-0.15, -0.1) is 10.2 Å². The summed E-state index contributed by atoms with van der Waals surface area (Å²) in [6, 6.07) is 17.4. The van der Waals surface area contributed by atoms with Crippen LogP contribution < -0.4 is 5.73 Å². The predicted octanol–water partition coefficient (Wildman–Crippen LogP) is 2.91. The van der Waals surface area contributed by atoms with Crippen molar-refractivity contribution in [2.45, 2.75) is 6.42 Å². The van der Waals surface area contributed by atoms with Gasteiger partial charge in [-0.1, -0.05) is 30.3 Å². The molecule has 3 aromatic rings. The number of nitrogen functional groups attached to an aromatic ring is 1. The molecule has 0 fully saturated rings. The highest BCUT2D eigenvalue weighted by molar-refractivity contribution is 5.51. The van der Waals surface area contributed by atoms with Crippen LogP contribution in [0.25, 0.3) is 11.5 Å². The van der Waals surface area contributed by atoms with Crippen LogP contribution in [-0.4, -0.2) is 10.2 Å². The molecule has 0 radical (unpaired) electrons. The molecule has 2 aromatic carbocycles. The normalized spacial score (nSPS) is 10.5. The van der Waals surface area contributed by atoms with Gasteiger partial charge in [0.2, 0.25) is 11.8 Å². The van der Waals surface area contributed by atoms with E-state index in [0.29, 0.717) is 18.2 Å². The van der Waals surface area contributed by atoms with E-state index in [1.165, 1.54) is 0 Å². The van der Waals surface area contributed by atoms with Gasteiger partial charge >= 0.3 is 0 Å². The molecule has 1 aromatic heterocycles. The Labute approximate surface area is 110 Å². The lowest BCUT2D eigenvalue weighted by atomic mass is 10.1. The highest BCUT2D eigenvalue weighted by atomic mass is 16.4. The van der Waals surface area contributed by atoms with E-state index in [4.69, 9.17) is 10.2 Å². The van der Waals surface area contributed by atoms with Crippen LogP contribution in [0, 0.1) is 0 Å². The standard InChI is InChI=1S/C15H13N3O/c16-13-8-6-11(7-9-13)10-14-17-18-15(19-14)12-4-2-1-3-5-12/h1-9H,10,16H2. The summed E-state index contributed by atoms with van der Waals surface area (Å²) in [4.78, 5) is 0. The Bertz CT molecular complexity index is 659. The van der Waals surface area contributed by atoms with Gasteiger partial charge in [0.05, 0.1) is 6.42 Å². The van der Waals surface area contributed by atoms with Crippen molar-refractivity contribution >= 4 is 5.69 Å². The maximum absolute atomic E-state index is 5.65. The smallest absolute Gasteiger partial charge is 0.247 e. The van der Waals surface area contributed by atoms with E-state index in [9.17, 15) is 0 Å². The fourth-order valence-electron chi connectivity index (χ4n) is 1.83. The summed E-state index contributed by atoms with van der Waals surface area (Å²) in [6.07, 6.45) is 0.611. The predicted molar refractivity (Wildman–Crippen MR) is 73.4 cm³/mol. The first-order valence-corrected chi connectivity index (χ1v) is 6.03. The molecule has 0 saturated heterocycles. The largest absolute Gasteiger partial charge is 0.420 e.